The van der Waals surface area contributed by atoms with Crippen LogP contribution in [0, 0.1) is 0 Å². The summed E-state index contributed by atoms with van der Waals surface area (Å²) >= 11 is 0. The molecule has 2 aliphatic rings. The van der Waals surface area contributed by atoms with Crippen LogP contribution in [0.2, 0.25) is 0 Å². The molecule has 0 radical (unpaired) electrons. The van der Waals surface area contributed by atoms with Crippen molar-refractivity contribution in [2.45, 2.75) is 63.1 Å². The minimum atomic E-state index is 0.294. The van der Waals surface area contributed by atoms with Crippen LogP contribution in [-0.2, 0) is 11.3 Å². The van der Waals surface area contributed by atoms with Gasteiger partial charge in [-0.2, -0.15) is 5.10 Å². The first-order valence-corrected chi connectivity index (χ1v) is 10.6. The molecule has 6 heteroatoms. The maximum atomic E-state index is 13.2. The number of benzene rings is 1. The van der Waals surface area contributed by atoms with E-state index in [0.717, 1.165) is 32.5 Å². The molecule has 2 aliphatic heterocycles. The smallest absolute Gasteiger partial charge is 0.222 e. The highest BCUT2D eigenvalue weighted by molar-refractivity contribution is 5.77. The molecule has 6 nitrogen and oxygen atoms in total. The van der Waals surface area contributed by atoms with Gasteiger partial charge in [0.05, 0.1) is 0 Å². The van der Waals surface area contributed by atoms with Gasteiger partial charge in [-0.25, -0.2) is 4.98 Å². The zero-order chi connectivity index (χ0) is 19.3. The van der Waals surface area contributed by atoms with E-state index in [9.17, 15) is 4.79 Å². The van der Waals surface area contributed by atoms with Crippen LogP contribution in [0.3, 0.4) is 0 Å². The first-order chi connectivity index (χ1) is 13.7. The van der Waals surface area contributed by atoms with Crippen LogP contribution >= 0.6 is 0 Å². The molecule has 1 aromatic heterocycles. The SMILES string of the molecule is CN1CCCCC[C@@H]2[C@@H]1[C@H](c1ccccc1)CN2C(=O)CCCn1cncn1. The van der Waals surface area contributed by atoms with E-state index in [0.29, 0.717) is 30.3 Å². The maximum absolute atomic E-state index is 13.2. The summed E-state index contributed by atoms with van der Waals surface area (Å²) in [7, 11) is 2.25. The number of likely N-dealkylation sites (tertiary alicyclic amines) is 2. The lowest BCUT2D eigenvalue weighted by Gasteiger charge is -2.37. The summed E-state index contributed by atoms with van der Waals surface area (Å²) in [5, 5.41) is 4.13. The molecule has 3 atom stereocenters. The standard InChI is InChI=1S/C22H31N5O/c1-25-13-7-3-6-11-20-22(25)19(18-9-4-2-5-10-18)15-27(20)21(28)12-8-14-26-17-23-16-24-26/h2,4-5,9-10,16-17,19-20,22H,3,6-8,11-15H2,1H3/t19-,20+,22-/m0/s1. The number of rotatable bonds is 5. The van der Waals surface area contributed by atoms with E-state index in [-0.39, 0.29) is 0 Å². The Hall–Kier alpha value is -2.21. The molecule has 0 aliphatic carbocycles. The van der Waals surface area contributed by atoms with Crippen molar-refractivity contribution in [2.75, 3.05) is 20.1 Å². The van der Waals surface area contributed by atoms with Gasteiger partial charge in [0.2, 0.25) is 5.91 Å². The van der Waals surface area contributed by atoms with Crippen LogP contribution in [-0.4, -0.2) is 62.7 Å². The lowest BCUT2D eigenvalue weighted by molar-refractivity contribution is -0.132. The molecular weight excluding hydrogens is 350 g/mol. The van der Waals surface area contributed by atoms with E-state index in [1.807, 2.05) is 0 Å². The molecular formula is C22H31N5O. The Morgan fingerprint density at radius 3 is 2.82 bits per heavy atom. The zero-order valence-corrected chi connectivity index (χ0v) is 16.8. The van der Waals surface area contributed by atoms with Gasteiger partial charge in [0, 0.05) is 37.5 Å². The normalized spacial score (nSPS) is 25.9. The summed E-state index contributed by atoms with van der Waals surface area (Å²) in [6, 6.07) is 11.5. The van der Waals surface area contributed by atoms with Gasteiger partial charge >= 0.3 is 0 Å². The summed E-state index contributed by atoms with van der Waals surface area (Å²) in [6.45, 7) is 2.71. The Morgan fingerprint density at radius 1 is 1.18 bits per heavy atom. The quantitative estimate of drug-likeness (QED) is 0.799. The monoisotopic (exact) mass is 381 g/mol. The Bertz CT molecular complexity index is 748. The highest BCUT2D eigenvalue weighted by Gasteiger charge is 2.45. The van der Waals surface area contributed by atoms with Crippen molar-refractivity contribution in [1.29, 1.82) is 0 Å². The van der Waals surface area contributed by atoms with Crippen molar-refractivity contribution in [3.05, 3.63) is 48.5 Å². The summed E-state index contributed by atoms with van der Waals surface area (Å²) < 4.78 is 1.80. The fourth-order valence-corrected chi connectivity index (χ4v) is 5.05. The second kappa shape index (κ2) is 8.86. The van der Waals surface area contributed by atoms with Gasteiger partial charge in [-0.15, -0.1) is 0 Å². The lowest BCUT2D eigenvalue weighted by Crippen LogP contribution is -2.47. The lowest BCUT2D eigenvalue weighted by atomic mass is 9.87. The van der Waals surface area contributed by atoms with Crippen LogP contribution in [0.5, 0.6) is 0 Å². The third-order valence-corrected chi connectivity index (χ3v) is 6.41. The summed E-state index contributed by atoms with van der Waals surface area (Å²) in [4.78, 5) is 21.9. The maximum Gasteiger partial charge on any atom is 0.222 e. The molecule has 0 saturated carbocycles. The predicted octanol–water partition coefficient (Wildman–Crippen LogP) is 2.93. The summed E-state index contributed by atoms with van der Waals surface area (Å²) in [6.07, 6.45) is 9.50. The Morgan fingerprint density at radius 2 is 2.04 bits per heavy atom. The largest absolute Gasteiger partial charge is 0.337 e. The topological polar surface area (TPSA) is 54.3 Å². The molecule has 0 bridgehead atoms. The van der Waals surface area contributed by atoms with Gasteiger partial charge < -0.3 is 9.80 Å². The van der Waals surface area contributed by atoms with Crippen molar-refractivity contribution in [3.8, 4) is 0 Å². The third kappa shape index (κ3) is 4.12. The summed E-state index contributed by atoms with van der Waals surface area (Å²) in [5.41, 5.74) is 1.36. The van der Waals surface area contributed by atoms with E-state index in [1.54, 1.807) is 17.3 Å². The number of nitrogens with zero attached hydrogens (tertiary/aromatic N) is 5. The number of carbonyl (C=O) groups excluding carboxylic acids is 1. The van der Waals surface area contributed by atoms with Crippen molar-refractivity contribution in [1.82, 2.24) is 24.6 Å². The first-order valence-electron chi connectivity index (χ1n) is 10.6. The van der Waals surface area contributed by atoms with E-state index in [2.05, 4.69) is 57.3 Å². The molecule has 0 unspecified atom stereocenters. The van der Waals surface area contributed by atoms with E-state index >= 15 is 0 Å². The number of likely N-dealkylation sites (N-methyl/N-ethyl adjacent to an activating group) is 1. The number of amides is 1. The highest BCUT2D eigenvalue weighted by atomic mass is 16.2. The predicted molar refractivity (Wildman–Crippen MR) is 109 cm³/mol. The van der Waals surface area contributed by atoms with E-state index in [1.165, 1.54) is 24.8 Å². The van der Waals surface area contributed by atoms with Crippen LogP contribution in [0.4, 0.5) is 0 Å². The fourth-order valence-electron chi connectivity index (χ4n) is 5.05. The molecule has 28 heavy (non-hydrogen) atoms. The van der Waals surface area contributed by atoms with Gasteiger partial charge in [-0.3, -0.25) is 9.48 Å². The second-order valence-corrected chi connectivity index (χ2v) is 8.21. The van der Waals surface area contributed by atoms with Crippen molar-refractivity contribution >= 4 is 5.91 Å². The van der Waals surface area contributed by atoms with Gasteiger partial charge in [0.15, 0.2) is 0 Å². The third-order valence-electron chi connectivity index (χ3n) is 6.41. The van der Waals surface area contributed by atoms with Gasteiger partial charge in [0.25, 0.3) is 0 Å². The minimum Gasteiger partial charge on any atom is -0.337 e. The molecule has 2 saturated heterocycles. The number of carbonyl (C=O) groups is 1. The molecule has 4 rings (SSSR count). The van der Waals surface area contributed by atoms with Crippen LogP contribution < -0.4 is 0 Å². The van der Waals surface area contributed by atoms with Crippen LogP contribution in [0.1, 0.15) is 50.0 Å². The Labute approximate surface area is 167 Å². The van der Waals surface area contributed by atoms with Gasteiger partial charge in [-0.05, 0) is 38.4 Å². The molecule has 0 N–H and O–H groups in total. The number of aryl methyl sites for hydroxylation is 1. The molecule has 1 aromatic carbocycles. The second-order valence-electron chi connectivity index (χ2n) is 8.21. The zero-order valence-electron chi connectivity index (χ0n) is 16.8. The molecule has 0 spiro atoms. The van der Waals surface area contributed by atoms with Crippen LogP contribution in [0.15, 0.2) is 43.0 Å². The number of hydrogen-bond donors (Lipinski definition) is 0. The fraction of sp³-hybridized carbons (Fsp3) is 0.591. The van der Waals surface area contributed by atoms with Gasteiger partial charge in [0.1, 0.15) is 12.7 Å². The number of hydrogen-bond acceptors (Lipinski definition) is 4. The van der Waals surface area contributed by atoms with Crippen molar-refractivity contribution < 1.29 is 4.79 Å². The van der Waals surface area contributed by atoms with E-state index in [4.69, 9.17) is 0 Å². The number of fused-ring (bicyclic) bond motifs is 1. The summed E-state index contributed by atoms with van der Waals surface area (Å²) in [5.74, 6) is 0.691. The first kappa shape index (κ1) is 19.1. The Kier molecular flexibility index (Phi) is 6.05. The molecule has 3 heterocycles. The molecule has 150 valence electrons. The van der Waals surface area contributed by atoms with Crippen molar-refractivity contribution in [2.24, 2.45) is 0 Å². The molecule has 2 fully saturated rings. The average Bonchev–Trinajstić information content (AvgIpc) is 3.34. The van der Waals surface area contributed by atoms with Crippen LogP contribution in [0.25, 0.3) is 0 Å². The van der Waals surface area contributed by atoms with Crippen molar-refractivity contribution in [3.63, 3.8) is 0 Å². The molecule has 2 aromatic rings. The Balaban J connectivity index is 1.50. The molecule has 1 amide bonds. The number of aromatic nitrogens is 3. The van der Waals surface area contributed by atoms with E-state index < -0.39 is 0 Å². The highest BCUT2D eigenvalue weighted by Crippen LogP contribution is 2.38. The average molecular weight is 382 g/mol. The van der Waals surface area contributed by atoms with Gasteiger partial charge in [-0.1, -0.05) is 43.2 Å². The minimum absolute atomic E-state index is 0.294.